The largest absolute Gasteiger partial charge is 0.508 e. The molecule has 16 heavy (non-hydrogen) atoms. The summed E-state index contributed by atoms with van der Waals surface area (Å²) in [6.07, 6.45) is 1.37. The zero-order valence-corrected chi connectivity index (χ0v) is 8.60. The molecule has 1 heterocycles. The van der Waals surface area contributed by atoms with Gasteiger partial charge < -0.3 is 14.9 Å². The van der Waals surface area contributed by atoms with Gasteiger partial charge in [0.1, 0.15) is 17.1 Å². The number of hydrogen-bond acceptors (Lipinski definition) is 4. The van der Waals surface area contributed by atoms with E-state index in [9.17, 15) is 4.79 Å². The second-order valence-electron chi connectivity index (χ2n) is 3.30. The number of benzene rings is 1. The smallest absolute Gasteiger partial charge is 0.260 e. The van der Waals surface area contributed by atoms with Crippen molar-refractivity contribution in [3.63, 3.8) is 0 Å². The number of aryl methyl sites for hydroxylation is 1. The lowest BCUT2D eigenvalue weighted by molar-refractivity contribution is 0.102. The van der Waals surface area contributed by atoms with Gasteiger partial charge in [-0.25, -0.2) is 0 Å². The minimum atomic E-state index is -0.288. The fourth-order valence-corrected chi connectivity index (χ4v) is 1.26. The van der Waals surface area contributed by atoms with Gasteiger partial charge in [-0.15, -0.1) is 0 Å². The van der Waals surface area contributed by atoms with Crippen LogP contribution in [0.1, 0.15) is 16.1 Å². The lowest BCUT2D eigenvalue weighted by Crippen LogP contribution is -2.11. The van der Waals surface area contributed by atoms with Crippen LogP contribution < -0.4 is 5.32 Å². The Morgan fingerprint density at radius 1 is 1.38 bits per heavy atom. The van der Waals surface area contributed by atoms with Gasteiger partial charge in [-0.05, 0) is 31.2 Å². The highest BCUT2D eigenvalue weighted by atomic mass is 16.5. The van der Waals surface area contributed by atoms with E-state index < -0.39 is 0 Å². The summed E-state index contributed by atoms with van der Waals surface area (Å²) < 4.78 is 4.79. The maximum absolute atomic E-state index is 11.7. The van der Waals surface area contributed by atoms with Gasteiger partial charge in [0.15, 0.2) is 0 Å². The summed E-state index contributed by atoms with van der Waals surface area (Å²) in [7, 11) is 0. The molecule has 0 aliphatic heterocycles. The molecule has 1 aromatic carbocycles. The first-order chi connectivity index (χ1) is 7.66. The second-order valence-corrected chi connectivity index (χ2v) is 3.30. The number of anilines is 1. The minimum Gasteiger partial charge on any atom is -0.508 e. The normalized spacial score (nSPS) is 10.1. The van der Waals surface area contributed by atoms with E-state index in [1.165, 1.54) is 18.3 Å². The van der Waals surface area contributed by atoms with Gasteiger partial charge in [0, 0.05) is 5.69 Å². The zero-order chi connectivity index (χ0) is 11.5. The number of aromatic hydroxyl groups is 1. The van der Waals surface area contributed by atoms with E-state index in [1.54, 1.807) is 19.1 Å². The van der Waals surface area contributed by atoms with E-state index in [0.717, 1.165) is 0 Å². The number of rotatable bonds is 2. The molecular weight excluding hydrogens is 208 g/mol. The fraction of sp³-hybridized carbons (Fsp3) is 0.0909. The predicted octanol–water partition coefficient (Wildman–Crippen LogP) is 1.94. The number of carbonyl (C=O) groups is 1. The van der Waals surface area contributed by atoms with Crippen molar-refractivity contribution in [2.24, 2.45) is 0 Å². The summed E-state index contributed by atoms with van der Waals surface area (Å²) in [5, 5.41) is 15.3. The number of phenolic OH excluding ortho intramolecular Hbond substituents is 1. The molecule has 2 N–H and O–H groups in total. The van der Waals surface area contributed by atoms with Crippen LogP contribution in [-0.2, 0) is 0 Å². The molecule has 0 aliphatic rings. The summed E-state index contributed by atoms with van der Waals surface area (Å²) in [6, 6.07) is 6.21. The maximum atomic E-state index is 11.7. The van der Waals surface area contributed by atoms with Crippen molar-refractivity contribution >= 4 is 11.6 Å². The van der Waals surface area contributed by atoms with E-state index in [4.69, 9.17) is 9.63 Å². The summed E-state index contributed by atoms with van der Waals surface area (Å²) in [5.74, 6) is 0.333. The van der Waals surface area contributed by atoms with Crippen LogP contribution in [0.4, 0.5) is 5.69 Å². The van der Waals surface area contributed by atoms with Crippen LogP contribution in [0, 0.1) is 6.92 Å². The molecule has 1 amide bonds. The molecule has 2 aromatic rings. The zero-order valence-electron chi connectivity index (χ0n) is 8.60. The van der Waals surface area contributed by atoms with E-state index in [1.807, 2.05) is 0 Å². The van der Waals surface area contributed by atoms with E-state index in [2.05, 4.69) is 10.5 Å². The molecule has 0 radical (unpaired) electrons. The monoisotopic (exact) mass is 218 g/mol. The van der Waals surface area contributed by atoms with Gasteiger partial charge in [0.05, 0.1) is 6.20 Å². The minimum absolute atomic E-state index is 0.152. The van der Waals surface area contributed by atoms with Crippen LogP contribution in [0.15, 0.2) is 35.0 Å². The highest BCUT2D eigenvalue weighted by Gasteiger charge is 2.12. The Bertz CT molecular complexity index is 502. The molecule has 0 spiro atoms. The molecule has 5 nitrogen and oxygen atoms in total. The number of amides is 1. The molecule has 0 unspecified atom stereocenters. The summed E-state index contributed by atoms with van der Waals surface area (Å²) in [4.78, 5) is 11.7. The standard InChI is InChI=1S/C11H10N2O3/c1-7-10(6-12-16-7)11(15)13-8-2-4-9(14)5-3-8/h2-6,14H,1H3,(H,13,15). The molecule has 0 bridgehead atoms. The summed E-state index contributed by atoms with van der Waals surface area (Å²) in [5.41, 5.74) is 0.997. The molecule has 5 heteroatoms. The average Bonchev–Trinajstić information content (AvgIpc) is 2.68. The van der Waals surface area contributed by atoms with Crippen molar-refractivity contribution in [3.8, 4) is 5.75 Å². The van der Waals surface area contributed by atoms with E-state index >= 15 is 0 Å². The SMILES string of the molecule is Cc1oncc1C(=O)Nc1ccc(O)cc1. The molecule has 1 aromatic heterocycles. The molecule has 0 fully saturated rings. The summed E-state index contributed by atoms with van der Waals surface area (Å²) >= 11 is 0. The van der Waals surface area contributed by atoms with Gasteiger partial charge in [-0.1, -0.05) is 5.16 Å². The Balaban J connectivity index is 2.14. The van der Waals surface area contributed by atoms with E-state index in [0.29, 0.717) is 17.0 Å². The van der Waals surface area contributed by atoms with Gasteiger partial charge in [-0.2, -0.15) is 0 Å². The van der Waals surface area contributed by atoms with Crippen molar-refractivity contribution in [1.29, 1.82) is 0 Å². The number of nitrogens with one attached hydrogen (secondary N) is 1. The number of hydrogen-bond donors (Lipinski definition) is 2. The Morgan fingerprint density at radius 2 is 2.06 bits per heavy atom. The van der Waals surface area contributed by atoms with Gasteiger partial charge >= 0.3 is 0 Å². The molecule has 0 aliphatic carbocycles. The van der Waals surface area contributed by atoms with Crippen LogP contribution in [0.5, 0.6) is 5.75 Å². The number of nitrogens with zero attached hydrogens (tertiary/aromatic N) is 1. The van der Waals surface area contributed by atoms with Crippen LogP contribution in [-0.4, -0.2) is 16.2 Å². The molecule has 0 saturated heterocycles. The molecule has 0 atom stereocenters. The van der Waals surface area contributed by atoms with Crippen molar-refractivity contribution in [2.45, 2.75) is 6.92 Å². The van der Waals surface area contributed by atoms with Gasteiger partial charge in [-0.3, -0.25) is 4.79 Å². The molecule has 82 valence electrons. The van der Waals surface area contributed by atoms with Gasteiger partial charge in [0.2, 0.25) is 0 Å². The van der Waals surface area contributed by atoms with Crippen molar-refractivity contribution in [1.82, 2.24) is 5.16 Å². The number of phenols is 1. The Hall–Kier alpha value is -2.30. The highest BCUT2D eigenvalue weighted by Crippen LogP contribution is 2.15. The first-order valence-electron chi connectivity index (χ1n) is 4.68. The van der Waals surface area contributed by atoms with Crippen LogP contribution in [0.2, 0.25) is 0 Å². The van der Waals surface area contributed by atoms with Crippen LogP contribution >= 0.6 is 0 Å². The Kier molecular flexibility index (Phi) is 2.59. The second kappa shape index (κ2) is 4.06. The van der Waals surface area contributed by atoms with E-state index in [-0.39, 0.29) is 11.7 Å². The first-order valence-corrected chi connectivity index (χ1v) is 4.68. The van der Waals surface area contributed by atoms with Crippen molar-refractivity contribution in [3.05, 3.63) is 41.8 Å². The lowest BCUT2D eigenvalue weighted by Gasteiger charge is -2.03. The fourth-order valence-electron chi connectivity index (χ4n) is 1.26. The summed E-state index contributed by atoms with van der Waals surface area (Å²) in [6.45, 7) is 1.67. The topological polar surface area (TPSA) is 75.4 Å². The third kappa shape index (κ3) is 2.03. The third-order valence-electron chi connectivity index (χ3n) is 2.12. The number of aromatic nitrogens is 1. The third-order valence-corrected chi connectivity index (χ3v) is 2.12. The number of carbonyl (C=O) groups excluding carboxylic acids is 1. The Labute approximate surface area is 91.7 Å². The van der Waals surface area contributed by atoms with Crippen molar-refractivity contribution < 1.29 is 14.4 Å². The quantitative estimate of drug-likeness (QED) is 0.755. The molecular formula is C11H10N2O3. The van der Waals surface area contributed by atoms with Crippen LogP contribution in [0.3, 0.4) is 0 Å². The van der Waals surface area contributed by atoms with Crippen molar-refractivity contribution in [2.75, 3.05) is 5.32 Å². The molecule has 0 saturated carbocycles. The van der Waals surface area contributed by atoms with Crippen LogP contribution in [0.25, 0.3) is 0 Å². The first kappa shape index (κ1) is 10.2. The lowest BCUT2D eigenvalue weighted by atomic mass is 10.2. The molecule has 2 rings (SSSR count). The maximum Gasteiger partial charge on any atom is 0.260 e. The Morgan fingerprint density at radius 3 is 2.62 bits per heavy atom. The highest BCUT2D eigenvalue weighted by molar-refractivity contribution is 6.04. The average molecular weight is 218 g/mol. The predicted molar refractivity (Wildman–Crippen MR) is 57.3 cm³/mol. The van der Waals surface area contributed by atoms with Gasteiger partial charge in [0.25, 0.3) is 5.91 Å².